The van der Waals surface area contributed by atoms with E-state index in [0.717, 1.165) is 0 Å². The molecule has 0 aliphatic rings. The summed E-state index contributed by atoms with van der Waals surface area (Å²) in [4.78, 5) is 0. The average molecular weight is 345 g/mol. The van der Waals surface area contributed by atoms with E-state index in [4.69, 9.17) is 0 Å². The summed E-state index contributed by atoms with van der Waals surface area (Å²) < 4.78 is 0. The van der Waals surface area contributed by atoms with Gasteiger partial charge in [-0.25, -0.2) is 0 Å². The van der Waals surface area contributed by atoms with Crippen LogP contribution < -0.4 is 15.6 Å². The van der Waals surface area contributed by atoms with Crippen LogP contribution in [0.4, 0.5) is 0 Å². The van der Waals surface area contributed by atoms with Gasteiger partial charge < -0.3 is 0 Å². The van der Waals surface area contributed by atoms with E-state index in [0.29, 0.717) is 0 Å². The van der Waals surface area contributed by atoms with Crippen molar-refractivity contribution >= 4 is 23.6 Å². The summed E-state index contributed by atoms with van der Waals surface area (Å²) >= 11 is 0. The third kappa shape index (κ3) is 3.93. The maximum absolute atomic E-state index is 2.35. The molecule has 0 amide bonds. The topological polar surface area (TPSA) is 0 Å². The van der Waals surface area contributed by atoms with E-state index in [-0.39, 0.29) is 0 Å². The first-order chi connectivity index (χ1) is 12.4. The van der Waals surface area contributed by atoms with E-state index in [9.17, 15) is 0 Å². The molecule has 3 rings (SSSR count). The lowest BCUT2D eigenvalue weighted by Gasteiger charge is -2.34. The Hall–Kier alpha value is -2.12. The second kappa shape index (κ2) is 8.82. The van der Waals surface area contributed by atoms with Crippen molar-refractivity contribution in [3.63, 3.8) is 0 Å². The molecule has 25 heavy (non-hydrogen) atoms. The molecule has 0 atom stereocenters. The van der Waals surface area contributed by atoms with Crippen LogP contribution in [0.1, 0.15) is 32.6 Å². The van der Waals surface area contributed by atoms with Crippen LogP contribution >= 0.6 is 0 Å². The van der Waals surface area contributed by atoms with Crippen LogP contribution in [0.2, 0.25) is 6.04 Å². The largest absolute Gasteiger partial charge is 0.148 e. The Morgan fingerprint density at radius 2 is 0.920 bits per heavy atom. The van der Waals surface area contributed by atoms with Crippen molar-refractivity contribution in [2.75, 3.05) is 0 Å². The zero-order valence-electron chi connectivity index (χ0n) is 15.2. The number of unbranched alkanes of at least 4 members (excludes halogenated alkanes) is 3. The lowest BCUT2D eigenvalue weighted by atomic mass is 10.2. The molecule has 0 aliphatic heterocycles. The van der Waals surface area contributed by atoms with Crippen molar-refractivity contribution in [3.8, 4) is 0 Å². The Balaban J connectivity index is 2.13. The van der Waals surface area contributed by atoms with Crippen molar-refractivity contribution in [2.24, 2.45) is 0 Å². The smallest absolute Gasteiger partial charge is 0.0654 e. The van der Waals surface area contributed by atoms with Gasteiger partial charge in [0.15, 0.2) is 0 Å². The van der Waals surface area contributed by atoms with Gasteiger partial charge in [-0.3, -0.25) is 0 Å². The van der Waals surface area contributed by atoms with Gasteiger partial charge in [0.25, 0.3) is 0 Å². The number of benzene rings is 3. The van der Waals surface area contributed by atoms with Crippen LogP contribution in [0.5, 0.6) is 0 Å². The molecule has 0 aliphatic carbocycles. The maximum Gasteiger partial charge on any atom is 0.148 e. The van der Waals surface area contributed by atoms with E-state index >= 15 is 0 Å². The third-order valence-electron chi connectivity index (χ3n) is 5.21. The van der Waals surface area contributed by atoms with Gasteiger partial charge in [0, 0.05) is 0 Å². The van der Waals surface area contributed by atoms with Crippen molar-refractivity contribution in [1.82, 2.24) is 0 Å². The van der Waals surface area contributed by atoms with E-state index in [1.54, 1.807) is 0 Å². The number of hydrogen-bond donors (Lipinski definition) is 0. The lowest BCUT2D eigenvalue weighted by Crippen LogP contribution is -2.66. The molecule has 3 aromatic rings. The van der Waals surface area contributed by atoms with Gasteiger partial charge in [0.1, 0.15) is 8.07 Å². The predicted molar refractivity (Wildman–Crippen MR) is 113 cm³/mol. The minimum absolute atomic E-state index is 1.28. The van der Waals surface area contributed by atoms with Gasteiger partial charge in [-0.1, -0.05) is 124 Å². The summed E-state index contributed by atoms with van der Waals surface area (Å²) in [6.07, 6.45) is 5.26. The molecule has 0 fully saturated rings. The highest BCUT2D eigenvalue weighted by molar-refractivity contribution is 7.11. The summed E-state index contributed by atoms with van der Waals surface area (Å²) in [5.74, 6) is 0. The van der Waals surface area contributed by atoms with Crippen molar-refractivity contribution < 1.29 is 0 Å². The molecule has 0 spiro atoms. The quantitative estimate of drug-likeness (QED) is 0.315. The Morgan fingerprint density at radius 3 is 1.28 bits per heavy atom. The highest BCUT2D eigenvalue weighted by atomic mass is 28.3. The van der Waals surface area contributed by atoms with Gasteiger partial charge in [0.05, 0.1) is 0 Å². The van der Waals surface area contributed by atoms with Gasteiger partial charge in [-0.15, -0.1) is 0 Å². The van der Waals surface area contributed by atoms with Crippen LogP contribution in [0.3, 0.4) is 0 Å². The molecule has 0 aromatic heterocycles. The molecule has 3 aromatic carbocycles. The fraction of sp³-hybridized carbons (Fsp3) is 0.250. The number of rotatable bonds is 8. The Labute approximate surface area is 153 Å². The average Bonchev–Trinajstić information content (AvgIpc) is 2.70. The van der Waals surface area contributed by atoms with E-state index in [2.05, 4.69) is 97.9 Å². The zero-order valence-corrected chi connectivity index (χ0v) is 16.2. The second-order valence-electron chi connectivity index (χ2n) is 6.81. The number of hydrogen-bond acceptors (Lipinski definition) is 0. The zero-order chi connectivity index (χ0) is 17.4. The summed E-state index contributed by atoms with van der Waals surface area (Å²) in [6, 6.07) is 35.0. The first-order valence-electron chi connectivity index (χ1n) is 9.54. The van der Waals surface area contributed by atoms with Gasteiger partial charge in [-0.05, 0) is 21.6 Å². The molecule has 0 saturated heterocycles. The highest BCUT2D eigenvalue weighted by Gasteiger charge is 2.38. The normalized spacial score (nSPS) is 11.4. The summed E-state index contributed by atoms with van der Waals surface area (Å²) in [5, 5.41) is 4.59. The molecule has 0 radical (unpaired) electrons. The fourth-order valence-electron chi connectivity index (χ4n) is 3.92. The molecule has 0 unspecified atom stereocenters. The minimum Gasteiger partial charge on any atom is -0.0654 e. The van der Waals surface area contributed by atoms with Crippen LogP contribution in [-0.4, -0.2) is 8.07 Å². The Morgan fingerprint density at radius 1 is 0.520 bits per heavy atom. The predicted octanol–water partition coefficient (Wildman–Crippen LogP) is 4.74. The van der Waals surface area contributed by atoms with Crippen LogP contribution in [0.25, 0.3) is 0 Å². The van der Waals surface area contributed by atoms with Gasteiger partial charge in [-0.2, -0.15) is 0 Å². The first kappa shape index (κ1) is 17.7. The van der Waals surface area contributed by atoms with E-state index < -0.39 is 8.07 Å². The molecular weight excluding hydrogens is 316 g/mol. The highest BCUT2D eigenvalue weighted by Crippen LogP contribution is 2.17. The molecule has 1 heteroatoms. The molecule has 128 valence electrons. The third-order valence-corrected chi connectivity index (χ3v) is 10.3. The molecule has 0 heterocycles. The molecule has 0 nitrogen and oxygen atoms in total. The fourth-order valence-corrected chi connectivity index (χ4v) is 8.85. The SMILES string of the molecule is CCCCCC[Si](c1ccccc1)(c1ccccc1)c1ccccc1. The van der Waals surface area contributed by atoms with Crippen LogP contribution in [0, 0.1) is 0 Å². The van der Waals surface area contributed by atoms with Crippen molar-refractivity contribution in [1.29, 1.82) is 0 Å². The summed E-state index contributed by atoms with van der Waals surface area (Å²) in [6.45, 7) is 2.29. The van der Waals surface area contributed by atoms with Gasteiger partial charge >= 0.3 is 0 Å². The van der Waals surface area contributed by atoms with Gasteiger partial charge in [0.2, 0.25) is 0 Å². The van der Waals surface area contributed by atoms with E-state index in [1.165, 1.54) is 47.3 Å². The standard InChI is InChI=1S/C24H28Si/c1-2-3-4-14-21-25(22-15-8-5-9-16-22,23-17-10-6-11-18-23)24-19-12-7-13-20-24/h5-13,15-20H,2-4,14,21H2,1H3. The molecule has 0 bridgehead atoms. The Bertz CT molecular complexity index is 638. The second-order valence-corrected chi connectivity index (χ2v) is 10.9. The first-order valence-corrected chi connectivity index (χ1v) is 11.7. The molecule has 0 N–H and O–H groups in total. The minimum atomic E-state index is -1.97. The Kier molecular flexibility index (Phi) is 6.24. The summed E-state index contributed by atoms with van der Waals surface area (Å²) in [5.41, 5.74) is 0. The summed E-state index contributed by atoms with van der Waals surface area (Å²) in [7, 11) is -1.97. The monoisotopic (exact) mass is 344 g/mol. The van der Waals surface area contributed by atoms with Crippen LogP contribution in [0.15, 0.2) is 91.0 Å². The maximum atomic E-state index is 2.35. The van der Waals surface area contributed by atoms with Crippen molar-refractivity contribution in [2.45, 2.75) is 38.7 Å². The van der Waals surface area contributed by atoms with E-state index in [1.807, 2.05) is 0 Å². The lowest BCUT2D eigenvalue weighted by molar-refractivity contribution is 0.698. The van der Waals surface area contributed by atoms with Crippen molar-refractivity contribution in [3.05, 3.63) is 91.0 Å². The molecular formula is C24H28Si. The molecule has 0 saturated carbocycles. The van der Waals surface area contributed by atoms with Crippen LogP contribution in [-0.2, 0) is 0 Å².